The minimum Gasteiger partial charge on any atom is -0.295 e. The zero-order chi connectivity index (χ0) is 12.4. The summed E-state index contributed by atoms with van der Waals surface area (Å²) < 4.78 is 1.83. The van der Waals surface area contributed by atoms with E-state index in [-0.39, 0.29) is 5.78 Å². The molecule has 2 aromatic rings. The summed E-state index contributed by atoms with van der Waals surface area (Å²) in [6, 6.07) is 7.48. The molecule has 0 saturated carbocycles. The monoisotopic (exact) mass is 228 g/mol. The Balaban J connectivity index is 2.30. The van der Waals surface area contributed by atoms with Crippen LogP contribution in [0, 0.1) is 0 Å². The number of carbonyl (C=O) groups excluding carboxylic acids is 1. The van der Waals surface area contributed by atoms with E-state index in [1.165, 1.54) is 5.56 Å². The molecule has 1 heterocycles. The van der Waals surface area contributed by atoms with Gasteiger partial charge in [0.1, 0.15) is 0 Å². The molecule has 0 aliphatic rings. The molecule has 0 spiro atoms. The molecular formula is C14H16N2O. The molecule has 3 heteroatoms. The first-order chi connectivity index (χ1) is 8.08. The van der Waals surface area contributed by atoms with Crippen molar-refractivity contribution < 1.29 is 4.79 Å². The molecule has 1 aromatic heterocycles. The van der Waals surface area contributed by atoms with Gasteiger partial charge in [-0.3, -0.25) is 4.79 Å². The van der Waals surface area contributed by atoms with Gasteiger partial charge in [0.15, 0.2) is 5.78 Å². The highest BCUT2D eigenvalue weighted by molar-refractivity contribution is 5.94. The molecule has 0 saturated heterocycles. The number of benzene rings is 1. The van der Waals surface area contributed by atoms with E-state index >= 15 is 0 Å². The number of hydrogen-bond acceptors (Lipinski definition) is 2. The van der Waals surface area contributed by atoms with Crippen molar-refractivity contribution >= 4 is 5.78 Å². The number of carbonyl (C=O) groups is 1. The molecule has 2 rings (SSSR count). The standard InChI is InChI=1S/C14H16N2O/c1-10(2)13-8-15-16(9-13)14-6-4-12(5-7-14)11(3)17/h4-10H,1-3H3. The van der Waals surface area contributed by atoms with Gasteiger partial charge in [0.2, 0.25) is 0 Å². The lowest BCUT2D eigenvalue weighted by Crippen LogP contribution is -1.96. The third kappa shape index (κ3) is 2.44. The van der Waals surface area contributed by atoms with Crippen LogP contribution < -0.4 is 0 Å². The second kappa shape index (κ2) is 4.53. The van der Waals surface area contributed by atoms with E-state index < -0.39 is 0 Å². The summed E-state index contributed by atoms with van der Waals surface area (Å²) in [7, 11) is 0. The average Bonchev–Trinajstić information content (AvgIpc) is 2.78. The molecule has 3 nitrogen and oxygen atoms in total. The number of hydrogen-bond donors (Lipinski definition) is 0. The Bertz CT molecular complexity index is 523. The molecule has 0 atom stereocenters. The minimum atomic E-state index is 0.0832. The predicted molar refractivity (Wildman–Crippen MR) is 67.7 cm³/mol. The first-order valence-electron chi connectivity index (χ1n) is 5.74. The van der Waals surface area contributed by atoms with E-state index in [4.69, 9.17) is 0 Å². The maximum atomic E-state index is 11.2. The molecule has 0 unspecified atom stereocenters. The maximum Gasteiger partial charge on any atom is 0.159 e. The van der Waals surface area contributed by atoms with Crippen LogP contribution in [0.25, 0.3) is 5.69 Å². The van der Waals surface area contributed by atoms with Crippen molar-refractivity contribution in [2.75, 3.05) is 0 Å². The van der Waals surface area contributed by atoms with Crippen molar-refractivity contribution in [1.82, 2.24) is 9.78 Å². The lowest BCUT2D eigenvalue weighted by Gasteiger charge is -2.02. The fourth-order valence-corrected chi connectivity index (χ4v) is 1.62. The third-order valence-corrected chi connectivity index (χ3v) is 2.81. The number of rotatable bonds is 3. The van der Waals surface area contributed by atoms with Crippen LogP contribution in [0.3, 0.4) is 0 Å². The van der Waals surface area contributed by atoms with Crippen LogP contribution in [0.4, 0.5) is 0 Å². The summed E-state index contributed by atoms with van der Waals surface area (Å²) in [5.74, 6) is 0.556. The van der Waals surface area contributed by atoms with Crippen molar-refractivity contribution in [2.45, 2.75) is 26.7 Å². The zero-order valence-electron chi connectivity index (χ0n) is 10.3. The van der Waals surface area contributed by atoms with Gasteiger partial charge in [0, 0.05) is 11.8 Å². The average molecular weight is 228 g/mol. The van der Waals surface area contributed by atoms with Gasteiger partial charge in [-0.25, -0.2) is 4.68 Å². The Morgan fingerprint density at radius 3 is 2.35 bits per heavy atom. The predicted octanol–water partition coefficient (Wildman–Crippen LogP) is 3.20. The Morgan fingerprint density at radius 1 is 1.24 bits per heavy atom. The summed E-state index contributed by atoms with van der Waals surface area (Å²) in [5, 5.41) is 4.31. The van der Waals surface area contributed by atoms with Crippen LogP contribution in [0.2, 0.25) is 0 Å². The zero-order valence-corrected chi connectivity index (χ0v) is 10.3. The summed E-state index contributed by atoms with van der Waals surface area (Å²) in [5.41, 5.74) is 2.91. The molecule has 0 aliphatic carbocycles. The van der Waals surface area contributed by atoms with Crippen LogP contribution in [0.15, 0.2) is 36.7 Å². The highest BCUT2D eigenvalue weighted by Crippen LogP contribution is 2.16. The topological polar surface area (TPSA) is 34.9 Å². The van der Waals surface area contributed by atoms with Crippen molar-refractivity contribution in [3.63, 3.8) is 0 Å². The van der Waals surface area contributed by atoms with Gasteiger partial charge in [-0.15, -0.1) is 0 Å². The molecule has 0 amide bonds. The summed E-state index contributed by atoms with van der Waals surface area (Å²) >= 11 is 0. The van der Waals surface area contributed by atoms with Crippen LogP contribution in [-0.4, -0.2) is 15.6 Å². The van der Waals surface area contributed by atoms with Crippen molar-refractivity contribution in [2.24, 2.45) is 0 Å². The molecular weight excluding hydrogens is 212 g/mol. The summed E-state index contributed by atoms with van der Waals surface area (Å²) in [4.78, 5) is 11.2. The summed E-state index contributed by atoms with van der Waals surface area (Å²) in [6.45, 7) is 5.85. The Kier molecular flexibility index (Phi) is 3.09. The Morgan fingerprint density at radius 2 is 1.88 bits per heavy atom. The van der Waals surface area contributed by atoms with E-state index in [1.54, 1.807) is 6.92 Å². The van der Waals surface area contributed by atoms with Crippen molar-refractivity contribution in [3.05, 3.63) is 47.8 Å². The third-order valence-electron chi connectivity index (χ3n) is 2.81. The van der Waals surface area contributed by atoms with Gasteiger partial charge < -0.3 is 0 Å². The number of nitrogens with zero attached hydrogens (tertiary/aromatic N) is 2. The first-order valence-corrected chi connectivity index (χ1v) is 5.74. The van der Waals surface area contributed by atoms with Crippen LogP contribution >= 0.6 is 0 Å². The van der Waals surface area contributed by atoms with Crippen LogP contribution in [0.5, 0.6) is 0 Å². The molecule has 0 radical (unpaired) electrons. The van der Waals surface area contributed by atoms with Gasteiger partial charge in [0.05, 0.1) is 11.9 Å². The van der Waals surface area contributed by atoms with Gasteiger partial charge in [-0.05, 0) is 42.7 Å². The fourth-order valence-electron chi connectivity index (χ4n) is 1.62. The Labute approximate surface area is 101 Å². The second-order valence-electron chi connectivity index (χ2n) is 4.48. The highest BCUT2D eigenvalue weighted by atomic mass is 16.1. The van der Waals surface area contributed by atoms with Gasteiger partial charge in [0.25, 0.3) is 0 Å². The maximum absolute atomic E-state index is 11.2. The fraction of sp³-hybridized carbons (Fsp3) is 0.286. The first kappa shape index (κ1) is 11.6. The SMILES string of the molecule is CC(=O)c1ccc(-n2cc(C(C)C)cn2)cc1. The molecule has 1 aromatic carbocycles. The molecule has 17 heavy (non-hydrogen) atoms. The van der Waals surface area contributed by atoms with E-state index in [0.717, 1.165) is 11.3 Å². The highest BCUT2D eigenvalue weighted by Gasteiger charge is 2.05. The smallest absolute Gasteiger partial charge is 0.159 e. The number of Topliss-reactive ketones (excluding diaryl/α,β-unsaturated/α-hetero) is 1. The van der Waals surface area contributed by atoms with Crippen molar-refractivity contribution in [1.29, 1.82) is 0 Å². The lowest BCUT2D eigenvalue weighted by atomic mass is 10.1. The molecule has 0 fully saturated rings. The lowest BCUT2D eigenvalue weighted by molar-refractivity contribution is 0.101. The largest absolute Gasteiger partial charge is 0.295 e. The molecule has 0 N–H and O–H groups in total. The van der Waals surface area contributed by atoms with E-state index in [1.807, 2.05) is 41.3 Å². The van der Waals surface area contributed by atoms with E-state index in [0.29, 0.717) is 5.92 Å². The normalized spacial score (nSPS) is 10.8. The van der Waals surface area contributed by atoms with Gasteiger partial charge >= 0.3 is 0 Å². The second-order valence-corrected chi connectivity index (χ2v) is 4.48. The molecule has 0 bridgehead atoms. The number of aromatic nitrogens is 2. The quantitative estimate of drug-likeness (QED) is 0.756. The molecule has 88 valence electrons. The van der Waals surface area contributed by atoms with Crippen molar-refractivity contribution in [3.8, 4) is 5.69 Å². The van der Waals surface area contributed by atoms with E-state index in [9.17, 15) is 4.79 Å². The Hall–Kier alpha value is -1.90. The summed E-state index contributed by atoms with van der Waals surface area (Å²) in [6.07, 6.45) is 3.90. The molecule has 0 aliphatic heterocycles. The minimum absolute atomic E-state index is 0.0832. The van der Waals surface area contributed by atoms with Gasteiger partial charge in [-0.2, -0.15) is 5.10 Å². The van der Waals surface area contributed by atoms with Crippen LogP contribution in [0.1, 0.15) is 42.6 Å². The number of ketones is 1. The van der Waals surface area contributed by atoms with E-state index in [2.05, 4.69) is 18.9 Å². The van der Waals surface area contributed by atoms with Crippen LogP contribution in [-0.2, 0) is 0 Å². The van der Waals surface area contributed by atoms with Gasteiger partial charge in [-0.1, -0.05) is 13.8 Å².